The van der Waals surface area contributed by atoms with Gasteiger partial charge in [-0.15, -0.1) is 11.8 Å². The maximum atomic E-state index is 12.3. The molecule has 0 aliphatic heterocycles. The molecule has 6 heteroatoms. The predicted octanol–water partition coefficient (Wildman–Crippen LogP) is 4.55. The number of rotatable bonds is 7. The number of amides is 1. The molecule has 5 nitrogen and oxygen atoms in total. The second-order valence-electron chi connectivity index (χ2n) is 6.50. The summed E-state index contributed by atoms with van der Waals surface area (Å²) in [5.74, 6) is 1.18. The SMILES string of the molecule is CC(C)Cc1cc(C(=O)Nc2ccc(SCc3cccnc3)cc2)n[nH]1. The fourth-order valence-electron chi connectivity index (χ4n) is 2.50. The first kappa shape index (κ1) is 18.2. The van der Waals surface area contributed by atoms with Crippen LogP contribution in [0.5, 0.6) is 0 Å². The number of hydrogen-bond acceptors (Lipinski definition) is 4. The van der Waals surface area contributed by atoms with E-state index < -0.39 is 0 Å². The number of nitrogens with one attached hydrogen (secondary N) is 2. The number of anilines is 1. The number of carbonyl (C=O) groups is 1. The van der Waals surface area contributed by atoms with Crippen LogP contribution in [0.4, 0.5) is 5.69 Å². The number of pyridine rings is 1. The Morgan fingerprint density at radius 3 is 2.73 bits per heavy atom. The maximum Gasteiger partial charge on any atom is 0.276 e. The maximum absolute atomic E-state index is 12.3. The van der Waals surface area contributed by atoms with Crippen LogP contribution in [-0.2, 0) is 12.2 Å². The van der Waals surface area contributed by atoms with E-state index in [9.17, 15) is 4.79 Å². The minimum absolute atomic E-state index is 0.202. The number of hydrogen-bond donors (Lipinski definition) is 2. The zero-order valence-corrected chi connectivity index (χ0v) is 15.7. The molecule has 2 heterocycles. The number of H-pyrrole nitrogens is 1. The topological polar surface area (TPSA) is 70.7 Å². The lowest BCUT2D eigenvalue weighted by atomic mass is 10.1. The minimum atomic E-state index is -0.202. The first-order valence-electron chi connectivity index (χ1n) is 8.57. The summed E-state index contributed by atoms with van der Waals surface area (Å²) >= 11 is 1.74. The molecule has 0 unspecified atom stereocenters. The molecular formula is C20H22N4OS. The summed E-state index contributed by atoms with van der Waals surface area (Å²) in [6.07, 6.45) is 4.53. The number of carbonyl (C=O) groups excluding carboxylic acids is 1. The lowest BCUT2D eigenvalue weighted by molar-refractivity contribution is 0.102. The van der Waals surface area contributed by atoms with E-state index in [1.165, 1.54) is 5.56 Å². The van der Waals surface area contributed by atoms with Crippen molar-refractivity contribution in [1.29, 1.82) is 0 Å². The molecule has 0 fully saturated rings. The molecule has 26 heavy (non-hydrogen) atoms. The number of aromatic amines is 1. The van der Waals surface area contributed by atoms with Crippen LogP contribution >= 0.6 is 11.8 Å². The van der Waals surface area contributed by atoms with Crippen LogP contribution in [0.3, 0.4) is 0 Å². The summed E-state index contributed by atoms with van der Waals surface area (Å²) in [5, 5.41) is 9.91. The summed E-state index contributed by atoms with van der Waals surface area (Å²) in [6.45, 7) is 4.27. The second-order valence-corrected chi connectivity index (χ2v) is 7.55. The highest BCUT2D eigenvalue weighted by Crippen LogP contribution is 2.24. The third-order valence-electron chi connectivity index (χ3n) is 3.73. The van der Waals surface area contributed by atoms with Crippen LogP contribution in [0, 0.1) is 5.92 Å². The standard InChI is InChI=1S/C20H22N4OS/c1-14(2)10-17-11-19(24-23-17)20(25)22-16-5-7-18(8-6-16)26-13-15-4-3-9-21-12-15/h3-9,11-12,14H,10,13H2,1-2H3,(H,22,25)(H,23,24). The van der Waals surface area contributed by atoms with Crippen molar-refractivity contribution >= 4 is 23.4 Å². The van der Waals surface area contributed by atoms with Gasteiger partial charge in [-0.25, -0.2) is 0 Å². The largest absolute Gasteiger partial charge is 0.321 e. The van der Waals surface area contributed by atoms with Gasteiger partial charge in [0.1, 0.15) is 0 Å². The Kier molecular flexibility index (Phi) is 6.07. The lowest BCUT2D eigenvalue weighted by Crippen LogP contribution is -2.12. The average molecular weight is 366 g/mol. The van der Waals surface area contributed by atoms with E-state index >= 15 is 0 Å². The van der Waals surface area contributed by atoms with Gasteiger partial charge in [-0.3, -0.25) is 14.9 Å². The quantitative estimate of drug-likeness (QED) is 0.602. The molecule has 1 amide bonds. The third-order valence-corrected chi connectivity index (χ3v) is 4.82. The fourth-order valence-corrected chi connectivity index (χ4v) is 3.33. The number of aromatic nitrogens is 3. The zero-order valence-electron chi connectivity index (χ0n) is 14.9. The van der Waals surface area contributed by atoms with E-state index in [0.29, 0.717) is 11.6 Å². The van der Waals surface area contributed by atoms with Gasteiger partial charge in [-0.05, 0) is 54.3 Å². The predicted molar refractivity (Wildman–Crippen MR) is 105 cm³/mol. The Bertz CT molecular complexity index is 844. The normalized spacial score (nSPS) is 10.9. The van der Waals surface area contributed by atoms with Crippen LogP contribution in [0.15, 0.2) is 59.8 Å². The lowest BCUT2D eigenvalue weighted by Gasteiger charge is -2.05. The Morgan fingerprint density at radius 2 is 2.04 bits per heavy atom. The summed E-state index contributed by atoms with van der Waals surface area (Å²) in [7, 11) is 0. The molecule has 1 aromatic carbocycles. The van der Waals surface area contributed by atoms with E-state index in [1.807, 2.05) is 42.6 Å². The molecule has 0 bridgehead atoms. The minimum Gasteiger partial charge on any atom is -0.321 e. The smallest absolute Gasteiger partial charge is 0.276 e. The highest BCUT2D eigenvalue weighted by Gasteiger charge is 2.11. The molecule has 0 saturated heterocycles. The number of nitrogens with zero attached hydrogens (tertiary/aromatic N) is 2. The van der Waals surface area contributed by atoms with E-state index in [0.717, 1.165) is 28.5 Å². The molecule has 0 atom stereocenters. The zero-order chi connectivity index (χ0) is 18.4. The van der Waals surface area contributed by atoms with E-state index in [4.69, 9.17) is 0 Å². The third kappa shape index (κ3) is 5.20. The van der Waals surface area contributed by atoms with E-state index in [2.05, 4.69) is 40.4 Å². The van der Waals surface area contributed by atoms with Crippen molar-refractivity contribution < 1.29 is 4.79 Å². The summed E-state index contributed by atoms with van der Waals surface area (Å²) < 4.78 is 0. The highest BCUT2D eigenvalue weighted by atomic mass is 32.2. The van der Waals surface area contributed by atoms with Gasteiger partial charge in [0.2, 0.25) is 0 Å². The van der Waals surface area contributed by atoms with Crippen LogP contribution in [-0.4, -0.2) is 21.1 Å². The van der Waals surface area contributed by atoms with Crippen LogP contribution in [0.1, 0.15) is 35.6 Å². The Hall–Kier alpha value is -2.60. The van der Waals surface area contributed by atoms with Gasteiger partial charge in [0, 0.05) is 34.4 Å². The van der Waals surface area contributed by atoms with Crippen LogP contribution < -0.4 is 5.32 Å². The van der Waals surface area contributed by atoms with Crippen molar-refractivity contribution in [1.82, 2.24) is 15.2 Å². The monoisotopic (exact) mass is 366 g/mol. The molecular weight excluding hydrogens is 344 g/mol. The summed E-state index contributed by atoms with van der Waals surface area (Å²) in [4.78, 5) is 17.6. The van der Waals surface area contributed by atoms with Gasteiger partial charge in [0.15, 0.2) is 5.69 Å². The molecule has 3 rings (SSSR count). The average Bonchev–Trinajstić information content (AvgIpc) is 3.10. The van der Waals surface area contributed by atoms with Crippen molar-refractivity contribution in [2.24, 2.45) is 5.92 Å². The molecule has 0 aliphatic carbocycles. The summed E-state index contributed by atoms with van der Waals surface area (Å²) in [5.41, 5.74) is 3.34. The molecule has 0 spiro atoms. The van der Waals surface area contributed by atoms with Crippen molar-refractivity contribution in [3.05, 3.63) is 71.8 Å². The molecule has 2 aromatic heterocycles. The van der Waals surface area contributed by atoms with Crippen molar-refractivity contribution in [2.45, 2.75) is 30.9 Å². The van der Waals surface area contributed by atoms with E-state index in [1.54, 1.807) is 18.0 Å². The van der Waals surface area contributed by atoms with Crippen molar-refractivity contribution in [2.75, 3.05) is 5.32 Å². The molecule has 2 N–H and O–H groups in total. The van der Waals surface area contributed by atoms with E-state index in [-0.39, 0.29) is 5.91 Å². The van der Waals surface area contributed by atoms with Crippen molar-refractivity contribution in [3.63, 3.8) is 0 Å². The van der Waals surface area contributed by atoms with Gasteiger partial charge >= 0.3 is 0 Å². The molecule has 0 aliphatic rings. The van der Waals surface area contributed by atoms with Gasteiger partial charge in [-0.1, -0.05) is 19.9 Å². The Labute approximate surface area is 157 Å². The highest BCUT2D eigenvalue weighted by molar-refractivity contribution is 7.98. The van der Waals surface area contributed by atoms with Crippen LogP contribution in [0.25, 0.3) is 0 Å². The summed E-state index contributed by atoms with van der Waals surface area (Å²) in [6, 6.07) is 13.6. The Balaban J connectivity index is 1.55. The molecule has 134 valence electrons. The van der Waals surface area contributed by atoms with Gasteiger partial charge in [0.25, 0.3) is 5.91 Å². The fraction of sp³-hybridized carbons (Fsp3) is 0.250. The van der Waals surface area contributed by atoms with Crippen LogP contribution in [0.2, 0.25) is 0 Å². The first-order chi connectivity index (χ1) is 12.6. The molecule has 3 aromatic rings. The second kappa shape index (κ2) is 8.67. The van der Waals surface area contributed by atoms with Gasteiger partial charge in [0.05, 0.1) is 0 Å². The first-order valence-corrected chi connectivity index (χ1v) is 9.56. The Morgan fingerprint density at radius 1 is 1.23 bits per heavy atom. The number of benzene rings is 1. The van der Waals surface area contributed by atoms with Crippen molar-refractivity contribution in [3.8, 4) is 0 Å². The molecule has 0 radical (unpaired) electrons. The molecule has 0 saturated carbocycles. The number of thioether (sulfide) groups is 1. The van der Waals surface area contributed by atoms with Gasteiger partial charge < -0.3 is 5.32 Å². The van der Waals surface area contributed by atoms with Gasteiger partial charge in [-0.2, -0.15) is 5.10 Å².